The molecule has 1 atom stereocenters. The van der Waals surface area contributed by atoms with E-state index in [0.29, 0.717) is 42.9 Å². The number of ether oxygens (including phenoxy) is 2. The number of aryl methyl sites for hydroxylation is 2. The van der Waals surface area contributed by atoms with E-state index in [-0.39, 0.29) is 27.7 Å². The number of nitro groups is 1. The van der Waals surface area contributed by atoms with Crippen LogP contribution in [-0.4, -0.2) is 76.3 Å². The highest BCUT2D eigenvalue weighted by atomic mass is 32.2. The molecule has 310 valence electrons. The molecule has 13 nitrogen and oxygen atoms in total. The van der Waals surface area contributed by atoms with Gasteiger partial charge in [-0.05, 0) is 102 Å². The smallest absolute Gasteiger partial charge is 0.293 e. The lowest BCUT2D eigenvalue weighted by Gasteiger charge is -2.41. The second-order valence-electron chi connectivity index (χ2n) is 15.4. The van der Waals surface area contributed by atoms with Crippen molar-refractivity contribution in [1.29, 1.82) is 0 Å². The number of carbonyl (C=O) groups excluding carboxylic acids is 1. The minimum atomic E-state index is -2.10. The summed E-state index contributed by atoms with van der Waals surface area (Å²) in [7, 11) is -2.10. The molecule has 60 heavy (non-hydrogen) atoms. The average molecular weight is 829 g/mol. The minimum Gasteiger partial charge on any atom is -0.456 e. The molecule has 6 aromatic rings. The van der Waals surface area contributed by atoms with Gasteiger partial charge >= 0.3 is 0 Å². The number of hydrogen-bond acceptors (Lipinski definition) is 9. The van der Waals surface area contributed by atoms with Gasteiger partial charge < -0.3 is 30.2 Å². The lowest BCUT2D eigenvalue weighted by Crippen LogP contribution is -2.48. The summed E-state index contributed by atoms with van der Waals surface area (Å²) in [5.74, 6) is 0.558. The molecule has 0 bridgehead atoms. The van der Waals surface area contributed by atoms with Crippen LogP contribution in [0.5, 0.6) is 11.5 Å². The van der Waals surface area contributed by atoms with E-state index < -0.39 is 21.8 Å². The predicted molar refractivity (Wildman–Crippen MR) is 233 cm³/mol. The van der Waals surface area contributed by atoms with Gasteiger partial charge in [-0.1, -0.05) is 48.5 Å². The first-order valence-corrected chi connectivity index (χ1v) is 21.4. The predicted octanol–water partition coefficient (Wildman–Crippen LogP) is 7.35. The molecule has 0 spiro atoms. The molecule has 2 aliphatic heterocycles. The SMILES string of the molecule is O.O=C(NS(=O)c1ccc(NCC2CCOCC2)c([N+](=O)[O-])c1)c1ccc(N2CCN(C3c4ccccc4CCc4ccccc43)CC2)cc1Oc1ccc2[nH]ccc2c1. The third-order valence-electron chi connectivity index (χ3n) is 11.9. The van der Waals surface area contributed by atoms with Gasteiger partial charge in [-0.15, -0.1) is 0 Å². The summed E-state index contributed by atoms with van der Waals surface area (Å²) in [6.45, 7) is 5.13. The van der Waals surface area contributed by atoms with Crippen LogP contribution in [0.3, 0.4) is 0 Å². The van der Waals surface area contributed by atoms with Crippen molar-refractivity contribution in [2.24, 2.45) is 5.92 Å². The molecular weight excluding hydrogens is 781 g/mol. The van der Waals surface area contributed by atoms with Crippen LogP contribution in [0.25, 0.3) is 10.9 Å². The summed E-state index contributed by atoms with van der Waals surface area (Å²) in [5.41, 5.74) is 7.73. The van der Waals surface area contributed by atoms with E-state index >= 15 is 0 Å². The molecule has 0 radical (unpaired) electrons. The third kappa shape index (κ3) is 8.63. The number of nitrogens with zero attached hydrogens (tertiary/aromatic N) is 3. The summed E-state index contributed by atoms with van der Waals surface area (Å²) < 4.78 is 28.1. The van der Waals surface area contributed by atoms with Crippen LogP contribution in [0.4, 0.5) is 17.1 Å². The van der Waals surface area contributed by atoms with Crippen LogP contribution in [-0.2, 0) is 28.6 Å². The summed E-state index contributed by atoms with van der Waals surface area (Å²) in [6.07, 6.45) is 5.67. The Bertz CT molecular complexity index is 2480. The monoisotopic (exact) mass is 828 g/mol. The van der Waals surface area contributed by atoms with Crippen molar-refractivity contribution >= 4 is 44.9 Å². The number of amides is 1. The number of anilines is 2. The maximum Gasteiger partial charge on any atom is 0.293 e. The zero-order valence-electron chi connectivity index (χ0n) is 33.1. The molecule has 9 rings (SSSR count). The van der Waals surface area contributed by atoms with Crippen LogP contribution in [0.1, 0.15) is 51.5 Å². The highest BCUT2D eigenvalue weighted by molar-refractivity contribution is 7.83. The molecule has 14 heteroatoms. The summed E-state index contributed by atoms with van der Waals surface area (Å²) >= 11 is 0. The van der Waals surface area contributed by atoms with Gasteiger partial charge in [0.1, 0.15) is 17.2 Å². The summed E-state index contributed by atoms with van der Waals surface area (Å²) in [6, 6.07) is 35.2. The standard InChI is InChI=1S/C46H46N6O6S.H2O/c53-46(49-59(56)37-13-16-42(43(29-37)52(54)55)48-30-31-18-25-57-26-19-31)40-14-11-35(28-44(40)58-36-12-15-41-34(27-36)17-20-47-41)50-21-23-51(24-22-50)45-38-7-3-1-5-32(38)9-10-33-6-2-4-8-39(33)45;/h1-8,11-17,20,27-29,31,45,47-48H,9-10,18-19,21-26,30H2,(H,49,53);1H2. The highest BCUT2D eigenvalue weighted by Crippen LogP contribution is 2.39. The van der Waals surface area contributed by atoms with Crippen LogP contribution in [0.15, 0.2) is 120 Å². The lowest BCUT2D eigenvalue weighted by atomic mass is 9.92. The van der Waals surface area contributed by atoms with Crippen molar-refractivity contribution < 1.29 is 28.9 Å². The summed E-state index contributed by atoms with van der Waals surface area (Å²) in [4.78, 5) is 33.7. The van der Waals surface area contributed by atoms with Gasteiger partial charge in [-0.3, -0.25) is 24.5 Å². The number of aromatic nitrogens is 1. The number of carbonyl (C=O) groups is 1. The number of fused-ring (bicyclic) bond motifs is 3. The van der Waals surface area contributed by atoms with Gasteiger partial charge in [-0.25, -0.2) is 4.21 Å². The Morgan fingerprint density at radius 1 is 0.867 bits per heavy atom. The minimum absolute atomic E-state index is 0. The Balaban J connectivity index is 0.00000499. The fraction of sp³-hybridized carbons (Fsp3) is 0.283. The zero-order chi connectivity index (χ0) is 40.3. The topological polar surface area (TPSA) is 174 Å². The maximum atomic E-state index is 13.9. The lowest BCUT2D eigenvalue weighted by molar-refractivity contribution is -0.384. The van der Waals surface area contributed by atoms with E-state index in [2.05, 4.69) is 73.4 Å². The zero-order valence-corrected chi connectivity index (χ0v) is 33.9. The molecule has 5 aromatic carbocycles. The highest BCUT2D eigenvalue weighted by Gasteiger charge is 2.31. The van der Waals surface area contributed by atoms with Crippen LogP contribution < -0.4 is 19.7 Å². The quantitative estimate of drug-likeness (QED) is 0.0892. The van der Waals surface area contributed by atoms with E-state index in [0.717, 1.165) is 68.5 Å². The van der Waals surface area contributed by atoms with Gasteiger partial charge in [-0.2, -0.15) is 0 Å². The second kappa shape index (κ2) is 18.1. The van der Waals surface area contributed by atoms with Crippen LogP contribution in [0.2, 0.25) is 0 Å². The van der Waals surface area contributed by atoms with E-state index in [9.17, 15) is 19.1 Å². The molecule has 0 saturated carbocycles. The van der Waals surface area contributed by atoms with Gasteiger partial charge in [0, 0.05) is 80.9 Å². The van der Waals surface area contributed by atoms with Crippen molar-refractivity contribution in [2.45, 2.75) is 36.6 Å². The van der Waals surface area contributed by atoms with E-state index in [1.54, 1.807) is 12.1 Å². The van der Waals surface area contributed by atoms with Gasteiger partial charge in [0.25, 0.3) is 11.6 Å². The average Bonchev–Trinajstić information content (AvgIpc) is 3.67. The van der Waals surface area contributed by atoms with Gasteiger partial charge in [0.2, 0.25) is 0 Å². The number of benzene rings is 5. The van der Waals surface area contributed by atoms with E-state index in [4.69, 9.17) is 9.47 Å². The fourth-order valence-electron chi connectivity index (χ4n) is 8.66. The number of rotatable bonds is 11. The molecular formula is C46H48N6O7S. The van der Waals surface area contributed by atoms with Crippen molar-refractivity contribution in [1.82, 2.24) is 14.6 Å². The third-order valence-corrected chi connectivity index (χ3v) is 12.9. The molecule has 2 saturated heterocycles. The normalized spacial score (nSPS) is 16.5. The number of H-pyrrole nitrogens is 1. The fourth-order valence-corrected chi connectivity index (χ4v) is 9.46. The Hall–Kier alpha value is -6.06. The molecule has 1 aliphatic carbocycles. The first kappa shape index (κ1) is 40.7. The Labute approximate surface area is 350 Å². The number of nitro benzene ring substituents is 1. The van der Waals surface area contributed by atoms with Crippen LogP contribution in [0, 0.1) is 16.0 Å². The van der Waals surface area contributed by atoms with Crippen LogP contribution >= 0.6 is 0 Å². The molecule has 3 heterocycles. The number of hydrogen-bond donors (Lipinski definition) is 3. The van der Waals surface area contributed by atoms with Crippen molar-refractivity contribution in [2.75, 3.05) is 56.2 Å². The first-order chi connectivity index (χ1) is 28.9. The maximum absolute atomic E-state index is 13.9. The van der Waals surface area contributed by atoms with Gasteiger partial charge in [0.15, 0.2) is 11.0 Å². The Kier molecular flexibility index (Phi) is 12.2. The Morgan fingerprint density at radius 2 is 1.58 bits per heavy atom. The number of aromatic amines is 1. The summed E-state index contributed by atoms with van der Waals surface area (Å²) in [5, 5.41) is 16.2. The van der Waals surface area contributed by atoms with Crippen molar-refractivity contribution in [3.8, 4) is 11.5 Å². The van der Waals surface area contributed by atoms with Crippen molar-refractivity contribution in [3.63, 3.8) is 0 Å². The molecule has 1 unspecified atom stereocenters. The molecule has 3 aliphatic rings. The molecule has 1 aromatic heterocycles. The molecule has 1 amide bonds. The largest absolute Gasteiger partial charge is 0.456 e. The molecule has 2 fully saturated rings. The number of piperazine rings is 1. The molecule has 5 N–H and O–H groups in total. The first-order valence-electron chi connectivity index (χ1n) is 20.2. The van der Waals surface area contributed by atoms with E-state index in [1.807, 2.05) is 42.6 Å². The second-order valence-corrected chi connectivity index (χ2v) is 16.6. The van der Waals surface area contributed by atoms with E-state index in [1.165, 1.54) is 34.4 Å². The Morgan fingerprint density at radius 3 is 2.30 bits per heavy atom. The number of nitrogens with one attached hydrogen (secondary N) is 3. The van der Waals surface area contributed by atoms with Gasteiger partial charge in [0.05, 0.1) is 21.4 Å². The van der Waals surface area contributed by atoms with Crippen molar-refractivity contribution in [3.05, 3.63) is 153 Å².